The summed E-state index contributed by atoms with van der Waals surface area (Å²) in [5.74, 6) is 3.12. The Morgan fingerprint density at radius 2 is 1.70 bits per heavy atom. The molecule has 0 saturated heterocycles. The lowest BCUT2D eigenvalue weighted by atomic mass is 9.89. The molecule has 0 fully saturated rings. The molecule has 1 aromatic heterocycles. The summed E-state index contributed by atoms with van der Waals surface area (Å²) in [6.45, 7) is 10.2. The van der Waals surface area contributed by atoms with Gasteiger partial charge in [0.05, 0.1) is 0 Å². The van der Waals surface area contributed by atoms with E-state index in [2.05, 4.69) is 22.9 Å². The molecular weight excluding hydrogens is 336 g/mol. The number of fused-ring (bicyclic) bond motifs is 2. The molecule has 4 rings (SSSR count). The van der Waals surface area contributed by atoms with Crippen molar-refractivity contribution < 1.29 is 4.42 Å². The molecule has 0 radical (unpaired) electrons. The Labute approximate surface area is 163 Å². The van der Waals surface area contributed by atoms with E-state index in [1.54, 1.807) is 4.90 Å². The highest BCUT2D eigenvalue weighted by Gasteiger charge is 2.27. The van der Waals surface area contributed by atoms with Gasteiger partial charge in [-0.15, -0.1) is 0 Å². The van der Waals surface area contributed by atoms with Gasteiger partial charge in [-0.2, -0.15) is 0 Å². The molecule has 3 heterocycles. The third-order valence-electron chi connectivity index (χ3n) is 4.64. The number of anilines is 1. The number of hydrogen-bond acceptors (Lipinski definition) is 4. The minimum Gasteiger partial charge on any atom is -0.422 e. The molecule has 2 aliphatic heterocycles. The lowest BCUT2D eigenvalue weighted by Gasteiger charge is -2.37. The molecule has 0 saturated carbocycles. The zero-order valence-electron chi connectivity index (χ0n) is 17.6. The molecule has 4 heteroatoms. The van der Waals surface area contributed by atoms with Crippen molar-refractivity contribution in [1.82, 2.24) is 4.90 Å². The molecule has 0 unspecified atom stereocenters. The second-order valence-corrected chi connectivity index (χ2v) is 6.54. The number of rotatable bonds is 0. The van der Waals surface area contributed by atoms with Gasteiger partial charge in [-0.25, -0.2) is 4.79 Å². The summed E-state index contributed by atoms with van der Waals surface area (Å²) in [4.78, 5) is 16.3. The zero-order chi connectivity index (χ0) is 20.0. The summed E-state index contributed by atoms with van der Waals surface area (Å²) in [5, 5.41) is 0.983. The summed E-state index contributed by atoms with van der Waals surface area (Å²) in [5.41, 5.74) is 5.09. The van der Waals surface area contributed by atoms with E-state index in [0.29, 0.717) is 0 Å². The molecule has 146 valence electrons. The highest BCUT2D eigenvalue weighted by molar-refractivity contribution is 5.92. The van der Waals surface area contributed by atoms with E-state index in [4.69, 9.17) is 4.42 Å². The number of aryl methyl sites for hydroxylation is 2. The van der Waals surface area contributed by atoms with Crippen LogP contribution in [0.25, 0.3) is 11.0 Å². The van der Waals surface area contributed by atoms with E-state index in [1.807, 2.05) is 41.8 Å². The van der Waals surface area contributed by atoms with Crippen LogP contribution in [0.1, 0.15) is 57.2 Å². The monoisotopic (exact) mass is 368 g/mol. The van der Waals surface area contributed by atoms with Crippen molar-refractivity contribution in [3.8, 4) is 12.0 Å². The third-order valence-corrected chi connectivity index (χ3v) is 4.64. The Balaban J connectivity index is 0.000000614. The van der Waals surface area contributed by atoms with Gasteiger partial charge in [0.1, 0.15) is 5.58 Å². The first kappa shape index (κ1) is 20.9. The van der Waals surface area contributed by atoms with Crippen LogP contribution >= 0.6 is 0 Å². The van der Waals surface area contributed by atoms with E-state index in [9.17, 15) is 4.79 Å². The molecule has 1 aromatic carbocycles. The van der Waals surface area contributed by atoms with Crippen LogP contribution in [-0.4, -0.2) is 32.1 Å². The van der Waals surface area contributed by atoms with Gasteiger partial charge < -0.3 is 14.2 Å². The Morgan fingerprint density at radius 1 is 1.04 bits per heavy atom. The molecule has 2 aliphatic rings. The Morgan fingerprint density at radius 3 is 2.37 bits per heavy atom. The average Bonchev–Trinajstić information content (AvgIpc) is 2.70. The first-order valence-electron chi connectivity index (χ1n) is 10.2. The third kappa shape index (κ3) is 4.30. The van der Waals surface area contributed by atoms with Crippen LogP contribution in [-0.2, 0) is 12.8 Å². The second kappa shape index (κ2) is 9.50. The molecule has 0 amide bonds. The fraction of sp³-hybridized carbons (Fsp3) is 0.522. The van der Waals surface area contributed by atoms with Crippen LogP contribution in [0.3, 0.4) is 0 Å². The van der Waals surface area contributed by atoms with Crippen molar-refractivity contribution in [2.45, 2.75) is 53.4 Å². The highest BCUT2D eigenvalue weighted by Crippen LogP contribution is 2.40. The summed E-state index contributed by atoms with van der Waals surface area (Å²) in [7, 11) is 3.79. The summed E-state index contributed by atoms with van der Waals surface area (Å²) in [6, 6.07) is 6.72. The first-order chi connectivity index (χ1) is 13.1. The lowest BCUT2D eigenvalue weighted by Crippen LogP contribution is -2.34. The van der Waals surface area contributed by atoms with Gasteiger partial charge in [-0.1, -0.05) is 27.7 Å². The van der Waals surface area contributed by atoms with Gasteiger partial charge in [0.15, 0.2) is 0 Å². The van der Waals surface area contributed by atoms with Crippen LogP contribution in [0.15, 0.2) is 21.3 Å². The van der Waals surface area contributed by atoms with E-state index in [1.165, 1.54) is 29.3 Å². The summed E-state index contributed by atoms with van der Waals surface area (Å²) < 4.78 is 5.62. The summed E-state index contributed by atoms with van der Waals surface area (Å²) in [6.07, 6.45) is 4.37. The maximum atomic E-state index is 12.0. The van der Waals surface area contributed by atoms with Crippen LogP contribution in [0, 0.1) is 12.0 Å². The van der Waals surface area contributed by atoms with Gasteiger partial charge >= 0.3 is 5.63 Å². The topological polar surface area (TPSA) is 36.7 Å². The van der Waals surface area contributed by atoms with E-state index >= 15 is 0 Å². The van der Waals surface area contributed by atoms with Crippen LogP contribution in [0.4, 0.5) is 5.69 Å². The van der Waals surface area contributed by atoms with E-state index < -0.39 is 0 Å². The molecule has 0 bridgehead atoms. The minimum atomic E-state index is -0.315. The maximum Gasteiger partial charge on any atom is 0.337 e. The number of benzene rings is 1. The fourth-order valence-corrected chi connectivity index (χ4v) is 3.75. The molecule has 0 N–H and O–H groups in total. The van der Waals surface area contributed by atoms with E-state index in [-0.39, 0.29) is 5.63 Å². The van der Waals surface area contributed by atoms with E-state index in [0.717, 1.165) is 48.9 Å². The maximum absolute atomic E-state index is 12.0. The Bertz CT molecular complexity index is 898. The average molecular weight is 369 g/mol. The van der Waals surface area contributed by atoms with Crippen molar-refractivity contribution in [2.24, 2.45) is 0 Å². The van der Waals surface area contributed by atoms with Crippen molar-refractivity contribution in [3.05, 3.63) is 39.2 Å². The van der Waals surface area contributed by atoms with Gasteiger partial charge in [-0.05, 0) is 43.2 Å². The Kier molecular flexibility index (Phi) is 7.36. The normalized spacial score (nSPS) is 13.9. The van der Waals surface area contributed by atoms with Gasteiger partial charge in [0.2, 0.25) is 0 Å². The summed E-state index contributed by atoms with van der Waals surface area (Å²) >= 11 is 0. The SMILES string of the molecule is CC.CC.CN(C)C#Cc1cc(=O)oc2c3c4c(cc12)CCCN4CCC3. The van der Waals surface area contributed by atoms with Gasteiger partial charge in [-0.3, -0.25) is 0 Å². The molecule has 2 aromatic rings. The molecule has 0 aliphatic carbocycles. The largest absolute Gasteiger partial charge is 0.422 e. The van der Waals surface area contributed by atoms with Crippen LogP contribution < -0.4 is 10.5 Å². The smallest absolute Gasteiger partial charge is 0.337 e. The quantitative estimate of drug-likeness (QED) is 0.392. The molecular formula is C23H32N2O2. The molecule has 0 atom stereocenters. The highest BCUT2D eigenvalue weighted by atomic mass is 16.4. The fourth-order valence-electron chi connectivity index (χ4n) is 3.75. The Hall–Kier alpha value is -2.41. The van der Waals surface area contributed by atoms with Crippen molar-refractivity contribution in [1.29, 1.82) is 0 Å². The van der Waals surface area contributed by atoms with Crippen LogP contribution in [0.5, 0.6) is 0 Å². The molecule has 4 nitrogen and oxygen atoms in total. The molecule has 27 heavy (non-hydrogen) atoms. The predicted octanol–water partition coefficient (Wildman–Crippen LogP) is 4.41. The predicted molar refractivity (Wildman–Crippen MR) is 115 cm³/mol. The molecule has 0 spiro atoms. The van der Waals surface area contributed by atoms with Gasteiger partial charge in [0.25, 0.3) is 0 Å². The zero-order valence-corrected chi connectivity index (χ0v) is 17.6. The minimum absolute atomic E-state index is 0.315. The number of hydrogen-bond donors (Lipinski definition) is 0. The first-order valence-corrected chi connectivity index (χ1v) is 10.2. The van der Waals surface area contributed by atoms with Crippen LogP contribution in [0.2, 0.25) is 0 Å². The van der Waals surface area contributed by atoms with Crippen molar-refractivity contribution in [3.63, 3.8) is 0 Å². The number of nitrogens with zero attached hydrogens (tertiary/aromatic N) is 2. The second-order valence-electron chi connectivity index (χ2n) is 6.54. The lowest BCUT2D eigenvalue weighted by molar-refractivity contribution is 0.549. The van der Waals surface area contributed by atoms with Crippen molar-refractivity contribution >= 4 is 16.7 Å². The standard InChI is InChI=1S/C19H20N2O2.2C2H6/c1-20(2)10-7-13-12-17(22)23-19-15-6-4-9-21-8-3-5-14(18(15)21)11-16(13)19;2*1-2/h11-12H,3-6,8-9H2,1-2H3;2*1-2H3. The van der Waals surface area contributed by atoms with Gasteiger partial charge in [0, 0.05) is 61.5 Å². The van der Waals surface area contributed by atoms with Crippen molar-refractivity contribution in [2.75, 3.05) is 32.1 Å².